The van der Waals surface area contributed by atoms with Crippen LogP contribution in [0, 0.1) is 0 Å². The lowest BCUT2D eigenvalue weighted by Gasteiger charge is -2.09. The summed E-state index contributed by atoms with van der Waals surface area (Å²) in [5.74, 6) is 0.360. The van der Waals surface area contributed by atoms with Crippen molar-refractivity contribution in [2.75, 3.05) is 5.32 Å². The molecule has 0 atom stereocenters. The van der Waals surface area contributed by atoms with Crippen molar-refractivity contribution in [1.82, 2.24) is 19.6 Å². The van der Waals surface area contributed by atoms with Crippen LogP contribution in [0.15, 0.2) is 73.3 Å². The summed E-state index contributed by atoms with van der Waals surface area (Å²) in [6.45, 7) is 0. The highest BCUT2D eigenvalue weighted by Crippen LogP contribution is 2.33. The number of nitrogens with one attached hydrogen (secondary N) is 1. The standard InChI is InChI=1S/C21H15N5O/c27-21(14-5-9-22-10-6-14)25-20-4-2-18-17(1-3-19(18)24-20)15-8-12-26-16(13-15)7-11-23-26/h1-2,4-13H,3H2,(H,24,25,27). The maximum atomic E-state index is 12.3. The van der Waals surface area contributed by atoms with Crippen LogP contribution in [0.3, 0.4) is 0 Å². The van der Waals surface area contributed by atoms with Crippen LogP contribution in [0.2, 0.25) is 0 Å². The molecule has 1 aliphatic carbocycles. The molecule has 6 heteroatoms. The third-order valence-corrected chi connectivity index (χ3v) is 4.66. The molecule has 0 saturated carbocycles. The fraction of sp³-hybridized carbons (Fsp3) is 0.0476. The molecule has 27 heavy (non-hydrogen) atoms. The predicted molar refractivity (Wildman–Crippen MR) is 102 cm³/mol. The Balaban J connectivity index is 1.42. The lowest BCUT2D eigenvalue weighted by Crippen LogP contribution is -2.13. The van der Waals surface area contributed by atoms with Crippen molar-refractivity contribution in [3.05, 3.63) is 95.7 Å². The first-order valence-corrected chi connectivity index (χ1v) is 8.63. The molecule has 4 aromatic heterocycles. The molecule has 0 radical (unpaired) electrons. The van der Waals surface area contributed by atoms with E-state index in [1.165, 1.54) is 0 Å². The Morgan fingerprint density at radius 3 is 2.81 bits per heavy atom. The SMILES string of the molecule is O=C(Nc1ccc2c(n1)CC=C2c1ccn2nccc2c1)c1ccncc1. The smallest absolute Gasteiger partial charge is 0.256 e. The Kier molecular flexibility index (Phi) is 3.53. The average Bonchev–Trinajstić information content (AvgIpc) is 3.34. The fourth-order valence-corrected chi connectivity index (χ4v) is 3.33. The third-order valence-electron chi connectivity index (χ3n) is 4.66. The minimum atomic E-state index is -0.192. The number of anilines is 1. The predicted octanol–water partition coefficient (Wildman–Crippen LogP) is 3.36. The first kappa shape index (κ1) is 15.5. The molecule has 6 nitrogen and oxygen atoms in total. The van der Waals surface area contributed by atoms with E-state index in [-0.39, 0.29) is 5.91 Å². The lowest BCUT2D eigenvalue weighted by molar-refractivity contribution is 0.102. The van der Waals surface area contributed by atoms with Gasteiger partial charge in [0.15, 0.2) is 0 Å². The van der Waals surface area contributed by atoms with Crippen molar-refractivity contribution in [3.63, 3.8) is 0 Å². The van der Waals surface area contributed by atoms with Gasteiger partial charge >= 0.3 is 0 Å². The molecular weight excluding hydrogens is 338 g/mol. The average molecular weight is 353 g/mol. The minimum absolute atomic E-state index is 0.192. The molecule has 0 bridgehead atoms. The second-order valence-corrected chi connectivity index (χ2v) is 6.32. The number of carbonyl (C=O) groups is 1. The molecule has 130 valence electrons. The minimum Gasteiger partial charge on any atom is -0.307 e. The van der Waals surface area contributed by atoms with Crippen LogP contribution in [0.25, 0.3) is 11.1 Å². The molecule has 4 heterocycles. The molecular formula is C21H15N5O. The van der Waals surface area contributed by atoms with E-state index in [1.807, 2.05) is 28.9 Å². The Morgan fingerprint density at radius 1 is 1.04 bits per heavy atom. The topological polar surface area (TPSA) is 72.2 Å². The van der Waals surface area contributed by atoms with Crippen LogP contribution in [-0.2, 0) is 6.42 Å². The highest BCUT2D eigenvalue weighted by molar-refractivity contribution is 6.03. The van der Waals surface area contributed by atoms with E-state index < -0.39 is 0 Å². The zero-order valence-corrected chi connectivity index (χ0v) is 14.3. The van der Waals surface area contributed by atoms with Crippen molar-refractivity contribution in [2.24, 2.45) is 0 Å². The number of pyridine rings is 3. The summed E-state index contributed by atoms with van der Waals surface area (Å²) in [4.78, 5) is 20.9. The zero-order chi connectivity index (χ0) is 18.2. The molecule has 0 fully saturated rings. The fourth-order valence-electron chi connectivity index (χ4n) is 3.33. The summed E-state index contributed by atoms with van der Waals surface area (Å²) in [7, 11) is 0. The van der Waals surface area contributed by atoms with Crippen molar-refractivity contribution in [3.8, 4) is 0 Å². The summed E-state index contributed by atoms with van der Waals surface area (Å²) in [6, 6.07) is 13.4. The molecule has 1 amide bonds. The van der Waals surface area contributed by atoms with Gasteiger partial charge in [0, 0.05) is 42.3 Å². The van der Waals surface area contributed by atoms with Gasteiger partial charge < -0.3 is 5.32 Å². The van der Waals surface area contributed by atoms with Crippen LogP contribution in [0.1, 0.15) is 27.2 Å². The van der Waals surface area contributed by atoms with E-state index in [9.17, 15) is 4.79 Å². The summed E-state index contributed by atoms with van der Waals surface area (Å²) in [5, 5.41) is 7.09. The summed E-state index contributed by atoms with van der Waals surface area (Å²) >= 11 is 0. The molecule has 1 N–H and O–H groups in total. The Hall–Kier alpha value is -3.80. The number of carbonyl (C=O) groups excluding carboxylic acids is 1. The number of rotatable bonds is 3. The molecule has 0 aliphatic heterocycles. The van der Waals surface area contributed by atoms with Gasteiger partial charge in [0.05, 0.1) is 11.2 Å². The number of aromatic nitrogens is 4. The molecule has 0 saturated heterocycles. The van der Waals surface area contributed by atoms with Crippen molar-refractivity contribution >= 4 is 22.8 Å². The number of allylic oxidation sites excluding steroid dienone is 1. The number of nitrogens with zero attached hydrogens (tertiary/aromatic N) is 4. The van der Waals surface area contributed by atoms with Gasteiger partial charge in [-0.05, 0) is 53.6 Å². The monoisotopic (exact) mass is 353 g/mol. The third kappa shape index (κ3) is 2.77. The van der Waals surface area contributed by atoms with Gasteiger partial charge in [-0.25, -0.2) is 9.50 Å². The molecule has 5 rings (SSSR count). The van der Waals surface area contributed by atoms with E-state index in [1.54, 1.807) is 30.7 Å². The number of hydrogen-bond acceptors (Lipinski definition) is 4. The summed E-state index contributed by atoms with van der Waals surface area (Å²) in [5.41, 5.74) is 5.97. The van der Waals surface area contributed by atoms with Gasteiger partial charge in [-0.1, -0.05) is 6.08 Å². The second-order valence-electron chi connectivity index (χ2n) is 6.32. The molecule has 0 aromatic carbocycles. The molecule has 1 aliphatic rings. The van der Waals surface area contributed by atoms with Crippen molar-refractivity contribution in [2.45, 2.75) is 6.42 Å². The molecule has 4 aromatic rings. The van der Waals surface area contributed by atoms with Crippen molar-refractivity contribution in [1.29, 1.82) is 0 Å². The van der Waals surface area contributed by atoms with E-state index in [0.29, 0.717) is 11.4 Å². The Labute approximate surface area is 155 Å². The van der Waals surface area contributed by atoms with Crippen LogP contribution in [0.5, 0.6) is 0 Å². The zero-order valence-electron chi connectivity index (χ0n) is 14.3. The lowest BCUT2D eigenvalue weighted by atomic mass is 10.0. The first-order chi connectivity index (χ1) is 13.3. The number of fused-ring (bicyclic) bond motifs is 2. The summed E-state index contributed by atoms with van der Waals surface area (Å²) < 4.78 is 1.84. The number of hydrogen-bond donors (Lipinski definition) is 1. The first-order valence-electron chi connectivity index (χ1n) is 8.63. The van der Waals surface area contributed by atoms with E-state index in [4.69, 9.17) is 0 Å². The summed E-state index contributed by atoms with van der Waals surface area (Å²) in [6.07, 6.45) is 9.86. The van der Waals surface area contributed by atoms with Gasteiger partial charge in [-0.2, -0.15) is 5.10 Å². The Bertz CT molecular complexity index is 1190. The highest BCUT2D eigenvalue weighted by Gasteiger charge is 2.18. The Morgan fingerprint density at radius 2 is 1.93 bits per heavy atom. The second kappa shape index (κ2) is 6.17. The van der Waals surface area contributed by atoms with Crippen LogP contribution in [0.4, 0.5) is 5.82 Å². The van der Waals surface area contributed by atoms with E-state index >= 15 is 0 Å². The van der Waals surface area contributed by atoms with Gasteiger partial charge in [0.2, 0.25) is 0 Å². The van der Waals surface area contributed by atoms with Crippen LogP contribution >= 0.6 is 0 Å². The van der Waals surface area contributed by atoms with Gasteiger partial charge in [0.25, 0.3) is 5.91 Å². The van der Waals surface area contributed by atoms with Crippen LogP contribution in [-0.4, -0.2) is 25.5 Å². The molecule has 0 unspecified atom stereocenters. The van der Waals surface area contributed by atoms with Gasteiger partial charge in [0.1, 0.15) is 5.82 Å². The van der Waals surface area contributed by atoms with Gasteiger partial charge in [-0.15, -0.1) is 0 Å². The largest absolute Gasteiger partial charge is 0.307 e. The maximum absolute atomic E-state index is 12.3. The highest BCUT2D eigenvalue weighted by atomic mass is 16.1. The van der Waals surface area contributed by atoms with Crippen LogP contribution < -0.4 is 5.32 Å². The molecule has 0 spiro atoms. The number of amides is 1. The van der Waals surface area contributed by atoms with E-state index in [0.717, 1.165) is 34.3 Å². The van der Waals surface area contributed by atoms with E-state index in [2.05, 4.69) is 38.6 Å². The van der Waals surface area contributed by atoms with Gasteiger partial charge in [-0.3, -0.25) is 9.78 Å². The van der Waals surface area contributed by atoms with Crippen molar-refractivity contribution < 1.29 is 4.79 Å². The maximum Gasteiger partial charge on any atom is 0.256 e. The quantitative estimate of drug-likeness (QED) is 0.613. The normalized spacial score (nSPS) is 12.7.